The molecule has 1 heterocycles. The van der Waals surface area contributed by atoms with E-state index in [1.807, 2.05) is 24.8 Å². The molecule has 0 radical (unpaired) electrons. The summed E-state index contributed by atoms with van der Waals surface area (Å²) in [6.45, 7) is 4.20. The molecule has 1 aromatic carbocycles. The minimum Gasteiger partial charge on any atom is -0.317 e. The van der Waals surface area contributed by atoms with Crippen molar-refractivity contribution in [3.8, 4) is 0 Å². The highest BCUT2D eigenvalue weighted by molar-refractivity contribution is 8.00. The van der Waals surface area contributed by atoms with Gasteiger partial charge in [-0.1, -0.05) is 0 Å². The van der Waals surface area contributed by atoms with Crippen LogP contribution in [0.3, 0.4) is 0 Å². The Balaban J connectivity index is 2.03. The van der Waals surface area contributed by atoms with Crippen molar-refractivity contribution in [3.63, 3.8) is 0 Å². The van der Waals surface area contributed by atoms with Crippen molar-refractivity contribution in [1.82, 2.24) is 5.32 Å². The molecule has 0 bridgehead atoms. The maximum Gasteiger partial charge on any atom is 0.123 e. The molecule has 0 amide bonds. The highest BCUT2D eigenvalue weighted by atomic mass is 32.2. The molecule has 1 nitrogen and oxygen atoms in total. The lowest BCUT2D eigenvalue weighted by atomic mass is 10.2. The van der Waals surface area contributed by atoms with Gasteiger partial charge in [0.05, 0.1) is 0 Å². The number of thioether (sulfide) groups is 1. The highest BCUT2D eigenvalue weighted by Gasteiger charge is 2.15. The molecule has 0 unspecified atom stereocenters. The Morgan fingerprint density at radius 1 is 1.33 bits per heavy atom. The van der Waals surface area contributed by atoms with Crippen molar-refractivity contribution in [2.24, 2.45) is 0 Å². The van der Waals surface area contributed by atoms with Gasteiger partial charge < -0.3 is 5.32 Å². The molecule has 1 aliphatic rings. The van der Waals surface area contributed by atoms with Gasteiger partial charge in [0.2, 0.25) is 0 Å². The van der Waals surface area contributed by atoms with Crippen molar-refractivity contribution in [2.45, 2.75) is 29.9 Å². The van der Waals surface area contributed by atoms with Crippen LogP contribution in [-0.2, 0) is 0 Å². The van der Waals surface area contributed by atoms with Gasteiger partial charge in [0.25, 0.3) is 0 Å². The Labute approximate surface area is 94.5 Å². The lowest BCUT2D eigenvalue weighted by Gasteiger charge is -2.22. The normalized spacial score (nSPS) is 18.0. The fraction of sp³-hybridized carbons (Fsp3) is 0.500. The van der Waals surface area contributed by atoms with E-state index in [2.05, 4.69) is 5.32 Å². The summed E-state index contributed by atoms with van der Waals surface area (Å²) in [6, 6.07) is 5.07. The van der Waals surface area contributed by atoms with Crippen molar-refractivity contribution in [1.29, 1.82) is 0 Å². The van der Waals surface area contributed by atoms with Gasteiger partial charge in [-0.25, -0.2) is 4.39 Å². The van der Waals surface area contributed by atoms with Crippen LogP contribution in [0.5, 0.6) is 0 Å². The van der Waals surface area contributed by atoms with E-state index in [4.69, 9.17) is 0 Å². The number of aryl methyl sites for hydroxylation is 1. The minimum atomic E-state index is -0.137. The molecule has 1 N–H and O–H groups in total. The largest absolute Gasteiger partial charge is 0.317 e. The molecule has 2 rings (SSSR count). The molecule has 0 aliphatic carbocycles. The van der Waals surface area contributed by atoms with E-state index in [9.17, 15) is 4.39 Å². The first-order chi connectivity index (χ1) is 7.25. The Bertz CT molecular complexity index is 334. The first-order valence-electron chi connectivity index (χ1n) is 5.39. The van der Waals surface area contributed by atoms with Gasteiger partial charge in [-0.05, 0) is 56.6 Å². The second-order valence-electron chi connectivity index (χ2n) is 3.98. The molecular weight excluding hydrogens is 209 g/mol. The summed E-state index contributed by atoms with van der Waals surface area (Å²) in [5.74, 6) is -0.137. The smallest absolute Gasteiger partial charge is 0.123 e. The predicted molar refractivity (Wildman–Crippen MR) is 62.9 cm³/mol. The second-order valence-corrected chi connectivity index (χ2v) is 5.32. The zero-order chi connectivity index (χ0) is 10.7. The number of hydrogen-bond acceptors (Lipinski definition) is 2. The number of hydrogen-bond donors (Lipinski definition) is 1. The van der Waals surface area contributed by atoms with Crippen molar-refractivity contribution in [3.05, 3.63) is 29.6 Å². The number of benzene rings is 1. The molecule has 1 fully saturated rings. The van der Waals surface area contributed by atoms with Crippen molar-refractivity contribution < 1.29 is 4.39 Å². The van der Waals surface area contributed by atoms with Gasteiger partial charge in [0, 0.05) is 10.1 Å². The average Bonchev–Trinajstić information content (AvgIpc) is 2.24. The molecule has 0 aromatic heterocycles. The highest BCUT2D eigenvalue weighted by Crippen LogP contribution is 2.31. The SMILES string of the molecule is Cc1cc(F)ccc1SC1CCNCC1. The molecule has 15 heavy (non-hydrogen) atoms. The number of rotatable bonds is 2. The Hall–Kier alpha value is -0.540. The van der Waals surface area contributed by atoms with Crippen LogP contribution in [0.15, 0.2) is 23.1 Å². The van der Waals surface area contributed by atoms with Crippen LogP contribution >= 0.6 is 11.8 Å². The standard InChI is InChI=1S/C12H16FNS/c1-9-8-10(13)2-3-12(9)15-11-4-6-14-7-5-11/h2-3,8,11,14H,4-7H2,1H3. The van der Waals surface area contributed by atoms with Crippen LogP contribution in [0.2, 0.25) is 0 Å². The zero-order valence-corrected chi connectivity index (χ0v) is 9.74. The van der Waals surface area contributed by atoms with Crippen LogP contribution in [0.25, 0.3) is 0 Å². The lowest BCUT2D eigenvalue weighted by molar-refractivity contribution is 0.531. The molecule has 82 valence electrons. The van der Waals surface area contributed by atoms with Gasteiger partial charge in [-0.15, -0.1) is 11.8 Å². The Morgan fingerprint density at radius 3 is 2.73 bits per heavy atom. The number of halogens is 1. The van der Waals surface area contributed by atoms with E-state index in [0.717, 1.165) is 18.7 Å². The van der Waals surface area contributed by atoms with Crippen LogP contribution in [0, 0.1) is 12.7 Å². The van der Waals surface area contributed by atoms with Crippen LogP contribution in [-0.4, -0.2) is 18.3 Å². The van der Waals surface area contributed by atoms with Crippen LogP contribution < -0.4 is 5.32 Å². The fourth-order valence-electron chi connectivity index (χ4n) is 1.84. The monoisotopic (exact) mass is 225 g/mol. The molecule has 1 saturated heterocycles. The summed E-state index contributed by atoms with van der Waals surface area (Å²) in [4.78, 5) is 1.23. The third-order valence-corrected chi connectivity index (χ3v) is 4.23. The first kappa shape index (κ1) is 11.0. The van der Waals surface area contributed by atoms with E-state index in [1.165, 1.54) is 17.7 Å². The van der Waals surface area contributed by atoms with E-state index in [-0.39, 0.29) is 5.82 Å². The molecule has 1 aliphatic heterocycles. The van der Waals surface area contributed by atoms with Gasteiger partial charge in [0.1, 0.15) is 5.82 Å². The summed E-state index contributed by atoms with van der Waals surface area (Å²) in [7, 11) is 0. The summed E-state index contributed by atoms with van der Waals surface area (Å²) in [5.41, 5.74) is 1.05. The molecular formula is C12H16FNS. The minimum absolute atomic E-state index is 0.137. The van der Waals surface area contributed by atoms with Gasteiger partial charge >= 0.3 is 0 Å². The summed E-state index contributed by atoms with van der Waals surface area (Å²) in [5, 5.41) is 4.04. The number of nitrogens with one attached hydrogen (secondary N) is 1. The van der Waals surface area contributed by atoms with Gasteiger partial charge in [-0.2, -0.15) is 0 Å². The molecule has 0 spiro atoms. The zero-order valence-electron chi connectivity index (χ0n) is 8.92. The Morgan fingerprint density at radius 2 is 2.07 bits per heavy atom. The topological polar surface area (TPSA) is 12.0 Å². The first-order valence-corrected chi connectivity index (χ1v) is 6.27. The number of piperidine rings is 1. The third kappa shape index (κ3) is 2.95. The average molecular weight is 225 g/mol. The van der Waals surface area contributed by atoms with E-state index < -0.39 is 0 Å². The summed E-state index contributed by atoms with van der Waals surface area (Å²) >= 11 is 1.89. The van der Waals surface area contributed by atoms with Crippen molar-refractivity contribution >= 4 is 11.8 Å². The molecule has 0 saturated carbocycles. The molecule has 3 heteroatoms. The molecule has 1 aromatic rings. The van der Waals surface area contributed by atoms with Gasteiger partial charge in [-0.3, -0.25) is 0 Å². The maximum atomic E-state index is 12.9. The van der Waals surface area contributed by atoms with E-state index >= 15 is 0 Å². The van der Waals surface area contributed by atoms with E-state index in [0.29, 0.717) is 5.25 Å². The quantitative estimate of drug-likeness (QED) is 0.830. The fourth-order valence-corrected chi connectivity index (χ4v) is 3.06. The van der Waals surface area contributed by atoms with E-state index in [1.54, 1.807) is 12.1 Å². The lowest BCUT2D eigenvalue weighted by Crippen LogP contribution is -2.29. The third-order valence-electron chi connectivity index (χ3n) is 2.72. The van der Waals surface area contributed by atoms with Crippen molar-refractivity contribution in [2.75, 3.05) is 13.1 Å². The summed E-state index contributed by atoms with van der Waals surface area (Å²) < 4.78 is 12.9. The Kier molecular flexibility index (Phi) is 3.65. The van der Waals surface area contributed by atoms with Gasteiger partial charge in [0.15, 0.2) is 0 Å². The predicted octanol–water partition coefficient (Wildman–Crippen LogP) is 2.98. The second kappa shape index (κ2) is 4.99. The summed E-state index contributed by atoms with van der Waals surface area (Å²) in [6.07, 6.45) is 2.42. The van der Waals surface area contributed by atoms with Crippen LogP contribution in [0.4, 0.5) is 4.39 Å². The van der Waals surface area contributed by atoms with Crippen LogP contribution in [0.1, 0.15) is 18.4 Å². The maximum absolute atomic E-state index is 12.9. The molecule has 0 atom stereocenters.